The third-order valence-electron chi connectivity index (χ3n) is 1.92. The Morgan fingerprint density at radius 3 is 2.44 bits per heavy atom. The highest BCUT2D eigenvalue weighted by molar-refractivity contribution is 5.97. The Morgan fingerprint density at radius 2 is 2.00 bits per heavy atom. The van der Waals surface area contributed by atoms with Crippen LogP contribution in [0.2, 0.25) is 0 Å². The molecule has 0 bridgehead atoms. The molecule has 0 aromatic carbocycles. The molecule has 6 heteroatoms. The Hall–Kier alpha value is -2.11. The first-order valence-electron chi connectivity index (χ1n) is 4.48. The summed E-state index contributed by atoms with van der Waals surface area (Å²) in [4.78, 5) is 32.9. The van der Waals surface area contributed by atoms with Gasteiger partial charge in [0.25, 0.3) is 5.91 Å². The van der Waals surface area contributed by atoms with Crippen LogP contribution in [0.3, 0.4) is 0 Å². The fourth-order valence-corrected chi connectivity index (χ4v) is 0.897. The van der Waals surface area contributed by atoms with Crippen LogP contribution in [0.25, 0.3) is 0 Å². The molecule has 1 aromatic heterocycles. The van der Waals surface area contributed by atoms with Gasteiger partial charge in [0.15, 0.2) is 0 Å². The van der Waals surface area contributed by atoms with E-state index in [0.717, 1.165) is 12.3 Å². The number of aliphatic carboxylic acids is 1. The van der Waals surface area contributed by atoms with Crippen LogP contribution < -0.4 is 10.9 Å². The van der Waals surface area contributed by atoms with Gasteiger partial charge in [0.2, 0.25) is 0 Å². The van der Waals surface area contributed by atoms with Crippen molar-refractivity contribution in [3.63, 3.8) is 0 Å². The second kappa shape index (κ2) is 4.18. The molecule has 0 saturated heterocycles. The van der Waals surface area contributed by atoms with Gasteiger partial charge in [-0.2, -0.15) is 0 Å². The molecule has 0 atom stereocenters. The number of carboxylic acids is 1. The first kappa shape index (κ1) is 12.0. The van der Waals surface area contributed by atoms with Crippen molar-refractivity contribution in [2.75, 3.05) is 0 Å². The monoisotopic (exact) mass is 225 g/mol. The molecule has 1 heterocycles. The van der Waals surface area contributed by atoms with Crippen LogP contribution in [-0.2, 0) is 4.79 Å². The third kappa shape index (κ3) is 2.69. The molecule has 0 aliphatic heterocycles. The number of carboxylic acid groups (broad SMARTS) is 1. The molecule has 6 nitrogen and oxygen atoms in total. The van der Waals surface area contributed by atoms with E-state index in [9.17, 15) is 14.4 Å². The molecule has 0 aliphatic rings. The maximum Gasteiger partial charge on any atom is 0.335 e. The zero-order valence-electron chi connectivity index (χ0n) is 8.81. The predicted molar refractivity (Wildman–Crippen MR) is 54.2 cm³/mol. The maximum atomic E-state index is 11.5. The van der Waals surface area contributed by atoms with Crippen molar-refractivity contribution < 1.29 is 19.1 Å². The van der Waals surface area contributed by atoms with Crippen molar-refractivity contribution in [2.45, 2.75) is 19.4 Å². The lowest BCUT2D eigenvalue weighted by Crippen LogP contribution is -2.49. The SMILES string of the molecule is CC(C)(NC(=O)c1ccc(=O)oc1)C(=O)O. The normalized spacial score (nSPS) is 10.9. The number of carbonyl (C=O) groups excluding carboxylic acids is 1. The molecule has 0 radical (unpaired) electrons. The van der Waals surface area contributed by atoms with Gasteiger partial charge in [-0.3, -0.25) is 4.79 Å². The summed E-state index contributed by atoms with van der Waals surface area (Å²) >= 11 is 0. The Kier molecular flexibility index (Phi) is 3.12. The average molecular weight is 225 g/mol. The summed E-state index contributed by atoms with van der Waals surface area (Å²) in [5.74, 6) is -1.77. The van der Waals surface area contributed by atoms with Crippen LogP contribution in [0.15, 0.2) is 27.6 Å². The van der Waals surface area contributed by atoms with E-state index >= 15 is 0 Å². The van der Waals surface area contributed by atoms with Crippen LogP contribution in [0.5, 0.6) is 0 Å². The molecule has 16 heavy (non-hydrogen) atoms. The van der Waals surface area contributed by atoms with Crippen molar-refractivity contribution in [3.8, 4) is 0 Å². The summed E-state index contributed by atoms with van der Waals surface area (Å²) in [6.45, 7) is 2.71. The summed E-state index contributed by atoms with van der Waals surface area (Å²) in [6.07, 6.45) is 0.982. The van der Waals surface area contributed by atoms with E-state index in [1.54, 1.807) is 0 Å². The van der Waals surface area contributed by atoms with E-state index in [1.165, 1.54) is 19.9 Å². The Bertz CT molecular complexity index is 454. The fraction of sp³-hybridized carbons (Fsp3) is 0.300. The molecule has 1 rings (SSSR count). The minimum Gasteiger partial charge on any atom is -0.480 e. The topological polar surface area (TPSA) is 96.6 Å². The molecule has 1 aromatic rings. The minimum atomic E-state index is -1.38. The van der Waals surface area contributed by atoms with Gasteiger partial charge in [-0.1, -0.05) is 0 Å². The number of hydrogen-bond donors (Lipinski definition) is 2. The fourth-order valence-electron chi connectivity index (χ4n) is 0.897. The molecule has 0 aliphatic carbocycles. The Morgan fingerprint density at radius 1 is 1.38 bits per heavy atom. The number of nitrogens with one attached hydrogen (secondary N) is 1. The van der Waals surface area contributed by atoms with Gasteiger partial charge >= 0.3 is 11.6 Å². The smallest absolute Gasteiger partial charge is 0.335 e. The lowest BCUT2D eigenvalue weighted by Gasteiger charge is -2.20. The van der Waals surface area contributed by atoms with Gasteiger partial charge in [-0.15, -0.1) is 0 Å². The lowest BCUT2D eigenvalue weighted by atomic mass is 10.1. The van der Waals surface area contributed by atoms with Crippen LogP contribution in [0, 0.1) is 0 Å². The third-order valence-corrected chi connectivity index (χ3v) is 1.92. The number of rotatable bonds is 3. The van der Waals surface area contributed by atoms with Crippen LogP contribution in [0.1, 0.15) is 24.2 Å². The quantitative estimate of drug-likeness (QED) is 0.767. The molecular formula is C10H11NO5. The van der Waals surface area contributed by atoms with E-state index < -0.39 is 23.0 Å². The summed E-state index contributed by atoms with van der Waals surface area (Å²) in [5, 5.41) is 11.1. The number of carbonyl (C=O) groups is 2. The Balaban J connectivity index is 2.84. The highest BCUT2D eigenvalue weighted by Crippen LogP contribution is 2.04. The molecule has 2 N–H and O–H groups in total. The van der Waals surface area contributed by atoms with Crippen molar-refractivity contribution >= 4 is 11.9 Å². The van der Waals surface area contributed by atoms with Gasteiger partial charge in [0, 0.05) is 6.07 Å². The largest absolute Gasteiger partial charge is 0.480 e. The zero-order chi connectivity index (χ0) is 12.3. The summed E-state index contributed by atoms with van der Waals surface area (Å²) < 4.78 is 4.49. The molecule has 0 fully saturated rings. The van der Waals surface area contributed by atoms with E-state index in [1.807, 2.05) is 0 Å². The average Bonchev–Trinajstić information content (AvgIpc) is 2.17. The Labute approximate surface area is 90.9 Å². The predicted octanol–water partition coefficient (Wildman–Crippen LogP) is 0.233. The van der Waals surface area contributed by atoms with Crippen LogP contribution in [0.4, 0.5) is 0 Å². The van der Waals surface area contributed by atoms with Gasteiger partial charge < -0.3 is 14.8 Å². The van der Waals surface area contributed by atoms with Gasteiger partial charge in [-0.25, -0.2) is 9.59 Å². The van der Waals surface area contributed by atoms with E-state index in [2.05, 4.69) is 9.73 Å². The molecular weight excluding hydrogens is 214 g/mol. The van der Waals surface area contributed by atoms with Crippen LogP contribution >= 0.6 is 0 Å². The number of amides is 1. The second-order valence-corrected chi connectivity index (χ2v) is 3.73. The van der Waals surface area contributed by atoms with Gasteiger partial charge in [-0.05, 0) is 19.9 Å². The molecule has 86 valence electrons. The lowest BCUT2D eigenvalue weighted by molar-refractivity contribution is -0.143. The first-order valence-corrected chi connectivity index (χ1v) is 4.48. The standard InChI is InChI=1S/C10H11NO5/c1-10(2,9(14)15)11-8(13)6-3-4-7(12)16-5-6/h3-5H,1-2H3,(H,11,13)(H,14,15). The van der Waals surface area contributed by atoms with Gasteiger partial charge in [0.1, 0.15) is 11.8 Å². The zero-order valence-corrected chi connectivity index (χ0v) is 8.81. The molecule has 0 spiro atoms. The van der Waals surface area contributed by atoms with Crippen LogP contribution in [-0.4, -0.2) is 22.5 Å². The summed E-state index contributed by atoms with van der Waals surface area (Å²) in [7, 11) is 0. The molecule has 0 saturated carbocycles. The molecule has 0 unspecified atom stereocenters. The second-order valence-electron chi connectivity index (χ2n) is 3.73. The highest BCUT2D eigenvalue weighted by atomic mass is 16.4. The van der Waals surface area contributed by atoms with Crippen molar-refractivity contribution in [2.24, 2.45) is 0 Å². The van der Waals surface area contributed by atoms with Gasteiger partial charge in [0.05, 0.1) is 5.56 Å². The van der Waals surface area contributed by atoms with Crippen molar-refractivity contribution in [1.82, 2.24) is 5.32 Å². The highest BCUT2D eigenvalue weighted by Gasteiger charge is 2.29. The van der Waals surface area contributed by atoms with E-state index in [-0.39, 0.29) is 5.56 Å². The minimum absolute atomic E-state index is 0.0916. The van der Waals surface area contributed by atoms with Crippen molar-refractivity contribution in [3.05, 3.63) is 34.4 Å². The summed E-state index contributed by atoms with van der Waals surface area (Å²) in [5.41, 5.74) is -1.87. The van der Waals surface area contributed by atoms with E-state index in [0.29, 0.717) is 0 Å². The van der Waals surface area contributed by atoms with Crippen molar-refractivity contribution in [1.29, 1.82) is 0 Å². The molecule has 1 amide bonds. The maximum absolute atomic E-state index is 11.5. The van der Waals surface area contributed by atoms with E-state index in [4.69, 9.17) is 5.11 Å². The first-order chi connectivity index (χ1) is 7.33. The summed E-state index contributed by atoms with van der Waals surface area (Å²) in [6, 6.07) is 2.35. The number of hydrogen-bond acceptors (Lipinski definition) is 4.